The van der Waals surface area contributed by atoms with Gasteiger partial charge in [-0.2, -0.15) is 0 Å². The van der Waals surface area contributed by atoms with Crippen LogP contribution in [0.15, 0.2) is 53.5 Å². The van der Waals surface area contributed by atoms with E-state index in [0.717, 1.165) is 29.8 Å². The molecule has 0 spiro atoms. The maximum atomic E-state index is 12.2. The number of anilines is 1. The lowest BCUT2D eigenvalue weighted by atomic mass is 10.1. The number of benzene rings is 2. The van der Waals surface area contributed by atoms with E-state index in [9.17, 15) is 4.79 Å². The van der Waals surface area contributed by atoms with E-state index in [1.54, 1.807) is 14.2 Å². The van der Waals surface area contributed by atoms with Gasteiger partial charge in [-0.05, 0) is 43.2 Å². The summed E-state index contributed by atoms with van der Waals surface area (Å²) in [6.07, 6.45) is 1.75. The molecule has 32 heavy (non-hydrogen) atoms. The molecule has 1 atom stereocenters. The molecule has 0 fully saturated rings. The van der Waals surface area contributed by atoms with Gasteiger partial charge in [-0.1, -0.05) is 25.1 Å². The highest BCUT2D eigenvalue weighted by Gasteiger charge is 2.08. The van der Waals surface area contributed by atoms with Crippen LogP contribution < -0.4 is 20.7 Å². The molecule has 0 heterocycles. The quantitative estimate of drug-likeness (QED) is 0.166. The minimum Gasteiger partial charge on any atom is -0.493 e. The number of aliphatic imine (C=N–C) groups is 1. The molecule has 0 bridgehead atoms. The zero-order chi connectivity index (χ0) is 22.5. The first kappa shape index (κ1) is 27.7. The molecule has 0 radical (unpaired) electrons. The van der Waals surface area contributed by atoms with Crippen LogP contribution in [0.5, 0.6) is 5.75 Å². The fourth-order valence-electron chi connectivity index (χ4n) is 2.74. The van der Waals surface area contributed by atoms with Gasteiger partial charge in [-0.25, -0.2) is 0 Å². The topological polar surface area (TPSA) is 84.0 Å². The van der Waals surface area contributed by atoms with Crippen LogP contribution in [0.1, 0.15) is 42.6 Å². The predicted molar refractivity (Wildman–Crippen MR) is 141 cm³/mol. The summed E-state index contributed by atoms with van der Waals surface area (Å²) in [4.78, 5) is 16.5. The normalized spacial score (nSPS) is 11.8. The van der Waals surface area contributed by atoms with Crippen molar-refractivity contribution in [3.8, 4) is 5.75 Å². The number of rotatable bonds is 11. The predicted octanol–water partition coefficient (Wildman–Crippen LogP) is 4.44. The van der Waals surface area contributed by atoms with Crippen molar-refractivity contribution in [2.24, 2.45) is 4.99 Å². The van der Waals surface area contributed by atoms with Gasteiger partial charge in [0, 0.05) is 57.1 Å². The fourth-order valence-corrected chi connectivity index (χ4v) is 2.74. The van der Waals surface area contributed by atoms with Crippen molar-refractivity contribution in [2.75, 3.05) is 32.7 Å². The van der Waals surface area contributed by atoms with Crippen LogP contribution in [0, 0.1) is 0 Å². The summed E-state index contributed by atoms with van der Waals surface area (Å²) in [6.45, 7) is 5.92. The molecule has 0 aliphatic rings. The van der Waals surface area contributed by atoms with Crippen LogP contribution in [0.3, 0.4) is 0 Å². The summed E-state index contributed by atoms with van der Waals surface area (Å²) in [6, 6.07) is 15.5. The molecule has 1 unspecified atom stereocenters. The molecule has 2 aromatic carbocycles. The summed E-state index contributed by atoms with van der Waals surface area (Å²) in [5.74, 6) is 1.40. The third kappa shape index (κ3) is 9.86. The minimum atomic E-state index is -0.0457. The Morgan fingerprint density at radius 3 is 2.53 bits per heavy atom. The van der Waals surface area contributed by atoms with Crippen molar-refractivity contribution in [3.63, 3.8) is 0 Å². The third-order valence-corrected chi connectivity index (χ3v) is 4.75. The molecular weight excluding hydrogens is 519 g/mol. The highest BCUT2D eigenvalue weighted by molar-refractivity contribution is 14.0. The number of ether oxygens (including phenoxy) is 2. The SMILES string of the molecule is CCC(C)NC(=O)c1ccc(CNC(=NC)Nc2cccc(OCCCOC)c2)cc1.I. The van der Waals surface area contributed by atoms with Crippen molar-refractivity contribution in [1.82, 2.24) is 10.6 Å². The van der Waals surface area contributed by atoms with Crippen LogP contribution in [-0.2, 0) is 11.3 Å². The fraction of sp³-hybridized carbons (Fsp3) is 0.417. The van der Waals surface area contributed by atoms with Gasteiger partial charge in [0.15, 0.2) is 5.96 Å². The lowest BCUT2D eigenvalue weighted by Crippen LogP contribution is -2.32. The van der Waals surface area contributed by atoms with Gasteiger partial charge in [0.05, 0.1) is 6.61 Å². The Bertz CT molecular complexity index is 843. The van der Waals surface area contributed by atoms with Gasteiger partial charge in [0.2, 0.25) is 0 Å². The summed E-state index contributed by atoms with van der Waals surface area (Å²) in [7, 11) is 3.41. The first-order valence-electron chi connectivity index (χ1n) is 10.6. The number of halogens is 1. The van der Waals surface area contributed by atoms with E-state index in [-0.39, 0.29) is 35.9 Å². The standard InChI is InChI=1S/C24H34N4O3.HI/c1-5-18(2)27-23(29)20-12-10-19(11-13-20)17-26-24(25-3)28-21-8-6-9-22(16-21)31-15-7-14-30-4;/h6,8-13,16,18H,5,7,14-15,17H2,1-4H3,(H,27,29)(H2,25,26,28);1H. The second-order valence-electron chi connectivity index (χ2n) is 7.25. The lowest BCUT2D eigenvalue weighted by molar-refractivity contribution is 0.0939. The number of nitrogens with one attached hydrogen (secondary N) is 3. The molecular formula is C24H35IN4O3. The van der Waals surface area contributed by atoms with Crippen molar-refractivity contribution in [3.05, 3.63) is 59.7 Å². The number of methoxy groups -OCH3 is 1. The largest absolute Gasteiger partial charge is 0.493 e. The zero-order valence-corrected chi connectivity index (χ0v) is 21.6. The van der Waals surface area contributed by atoms with Crippen LogP contribution in [0.2, 0.25) is 0 Å². The molecule has 0 aliphatic heterocycles. The average Bonchev–Trinajstić information content (AvgIpc) is 2.80. The van der Waals surface area contributed by atoms with Crippen LogP contribution >= 0.6 is 24.0 Å². The molecule has 0 saturated heterocycles. The van der Waals surface area contributed by atoms with E-state index < -0.39 is 0 Å². The summed E-state index contributed by atoms with van der Waals surface area (Å²) < 4.78 is 10.8. The Morgan fingerprint density at radius 1 is 1.12 bits per heavy atom. The Balaban J connectivity index is 0.00000512. The maximum absolute atomic E-state index is 12.2. The number of hydrogen-bond donors (Lipinski definition) is 3. The Labute approximate surface area is 208 Å². The summed E-state index contributed by atoms with van der Waals surface area (Å²) in [5.41, 5.74) is 2.60. The molecule has 3 N–H and O–H groups in total. The lowest BCUT2D eigenvalue weighted by Gasteiger charge is -2.14. The Hall–Kier alpha value is -2.33. The van der Waals surface area contributed by atoms with Gasteiger partial charge in [-0.15, -0.1) is 24.0 Å². The molecule has 1 amide bonds. The monoisotopic (exact) mass is 554 g/mol. The van der Waals surface area contributed by atoms with E-state index in [0.29, 0.717) is 31.3 Å². The van der Waals surface area contributed by atoms with Crippen LogP contribution in [-0.4, -0.2) is 45.3 Å². The number of carbonyl (C=O) groups excluding carboxylic acids is 1. The number of guanidine groups is 1. The molecule has 0 aromatic heterocycles. The molecule has 176 valence electrons. The van der Waals surface area contributed by atoms with Crippen molar-refractivity contribution < 1.29 is 14.3 Å². The first-order chi connectivity index (χ1) is 15.0. The maximum Gasteiger partial charge on any atom is 0.251 e. The van der Waals surface area contributed by atoms with E-state index in [1.807, 2.05) is 62.4 Å². The second kappa shape index (κ2) is 15.5. The number of carbonyl (C=O) groups is 1. The molecule has 7 nitrogen and oxygen atoms in total. The second-order valence-corrected chi connectivity index (χ2v) is 7.25. The van der Waals surface area contributed by atoms with Crippen molar-refractivity contribution >= 4 is 41.5 Å². The molecule has 8 heteroatoms. The average molecular weight is 554 g/mol. The van der Waals surface area contributed by atoms with E-state index >= 15 is 0 Å². The highest BCUT2D eigenvalue weighted by Crippen LogP contribution is 2.17. The smallest absolute Gasteiger partial charge is 0.251 e. The van der Waals surface area contributed by atoms with Crippen molar-refractivity contribution in [2.45, 2.75) is 39.3 Å². The highest BCUT2D eigenvalue weighted by atomic mass is 127. The Kier molecular flexibility index (Phi) is 13.4. The number of amides is 1. The van der Waals surface area contributed by atoms with E-state index in [1.165, 1.54) is 0 Å². The molecule has 2 rings (SSSR count). The van der Waals surface area contributed by atoms with Crippen LogP contribution in [0.25, 0.3) is 0 Å². The zero-order valence-electron chi connectivity index (χ0n) is 19.3. The first-order valence-corrected chi connectivity index (χ1v) is 10.6. The van der Waals surface area contributed by atoms with E-state index in [2.05, 4.69) is 20.9 Å². The van der Waals surface area contributed by atoms with Gasteiger partial charge in [0.25, 0.3) is 5.91 Å². The number of nitrogens with zero attached hydrogens (tertiary/aromatic N) is 1. The summed E-state index contributed by atoms with van der Waals surface area (Å²) in [5, 5.41) is 9.53. The van der Waals surface area contributed by atoms with Gasteiger partial charge >= 0.3 is 0 Å². The van der Waals surface area contributed by atoms with Gasteiger partial charge in [-0.3, -0.25) is 9.79 Å². The molecule has 2 aromatic rings. The summed E-state index contributed by atoms with van der Waals surface area (Å²) >= 11 is 0. The Morgan fingerprint density at radius 2 is 1.88 bits per heavy atom. The van der Waals surface area contributed by atoms with E-state index in [4.69, 9.17) is 9.47 Å². The van der Waals surface area contributed by atoms with Gasteiger partial charge in [0.1, 0.15) is 5.75 Å². The van der Waals surface area contributed by atoms with Crippen molar-refractivity contribution in [1.29, 1.82) is 0 Å². The third-order valence-electron chi connectivity index (χ3n) is 4.75. The minimum absolute atomic E-state index is 0. The molecule has 0 aliphatic carbocycles. The molecule has 0 saturated carbocycles. The van der Waals surface area contributed by atoms with Gasteiger partial charge < -0.3 is 25.4 Å². The number of hydrogen-bond acceptors (Lipinski definition) is 4. The van der Waals surface area contributed by atoms with Crippen LogP contribution in [0.4, 0.5) is 5.69 Å².